The summed E-state index contributed by atoms with van der Waals surface area (Å²) >= 11 is 0. The second-order valence-electron chi connectivity index (χ2n) is 8.28. The molecule has 0 bridgehead atoms. The quantitative estimate of drug-likeness (QED) is 0.613. The van der Waals surface area contributed by atoms with Crippen LogP contribution in [0, 0.1) is 0 Å². The number of hydrogen-bond acceptors (Lipinski definition) is 5. The van der Waals surface area contributed by atoms with E-state index in [0.717, 1.165) is 39.3 Å². The molecule has 2 heterocycles. The molecule has 0 N–H and O–H groups in total. The molecule has 2 aliphatic rings. The van der Waals surface area contributed by atoms with E-state index in [4.69, 9.17) is 4.74 Å². The van der Waals surface area contributed by atoms with Gasteiger partial charge in [-0.15, -0.1) is 0 Å². The number of rotatable bonds is 8. The van der Waals surface area contributed by atoms with Crippen molar-refractivity contribution in [2.45, 2.75) is 12.8 Å². The van der Waals surface area contributed by atoms with Crippen LogP contribution in [0.15, 0.2) is 54.6 Å². The molecule has 0 spiro atoms. The summed E-state index contributed by atoms with van der Waals surface area (Å²) in [6.45, 7) is 8.09. The summed E-state index contributed by atoms with van der Waals surface area (Å²) in [5, 5.41) is 0. The van der Waals surface area contributed by atoms with E-state index in [9.17, 15) is 9.59 Å². The first-order chi connectivity index (χ1) is 15.2. The Bertz CT molecular complexity index is 855. The largest absolute Gasteiger partial charge is 0.484 e. The summed E-state index contributed by atoms with van der Waals surface area (Å²) < 4.78 is 5.68. The van der Waals surface area contributed by atoms with Gasteiger partial charge in [0.1, 0.15) is 5.75 Å². The summed E-state index contributed by atoms with van der Waals surface area (Å²) in [6.07, 6.45) is 2.66. The van der Waals surface area contributed by atoms with Crippen molar-refractivity contribution in [1.82, 2.24) is 14.7 Å². The Morgan fingerprint density at radius 2 is 1.29 bits per heavy atom. The third-order valence-corrected chi connectivity index (χ3v) is 6.17. The fourth-order valence-corrected chi connectivity index (χ4v) is 4.21. The molecule has 1 amide bonds. The first kappa shape index (κ1) is 21.5. The number of ether oxygens (including phenoxy) is 1. The molecule has 6 heteroatoms. The summed E-state index contributed by atoms with van der Waals surface area (Å²) in [7, 11) is 0. The van der Waals surface area contributed by atoms with Crippen LogP contribution in [-0.4, -0.2) is 85.4 Å². The van der Waals surface area contributed by atoms with Crippen LogP contribution in [0.5, 0.6) is 5.75 Å². The van der Waals surface area contributed by atoms with Crippen LogP contribution in [0.3, 0.4) is 0 Å². The van der Waals surface area contributed by atoms with E-state index in [1.807, 2.05) is 23.1 Å². The second-order valence-corrected chi connectivity index (χ2v) is 8.28. The van der Waals surface area contributed by atoms with Crippen LogP contribution in [0.1, 0.15) is 28.8 Å². The van der Waals surface area contributed by atoms with Crippen molar-refractivity contribution in [2.75, 3.05) is 59.0 Å². The maximum Gasteiger partial charge on any atom is 0.260 e. The number of amides is 1. The highest BCUT2D eigenvalue weighted by molar-refractivity contribution is 6.08. The van der Waals surface area contributed by atoms with Gasteiger partial charge in [0.2, 0.25) is 0 Å². The molecule has 164 valence electrons. The molecule has 2 aliphatic heterocycles. The number of likely N-dealkylation sites (tertiary alicyclic amines) is 1. The van der Waals surface area contributed by atoms with E-state index >= 15 is 0 Å². The van der Waals surface area contributed by atoms with Gasteiger partial charge in [-0.1, -0.05) is 30.3 Å². The summed E-state index contributed by atoms with van der Waals surface area (Å²) in [4.78, 5) is 31.9. The molecule has 2 saturated heterocycles. The number of hydrogen-bond donors (Lipinski definition) is 0. The molecule has 0 unspecified atom stereocenters. The maximum absolute atomic E-state index is 12.5. The molecular weight excluding hydrogens is 390 g/mol. The van der Waals surface area contributed by atoms with E-state index in [1.54, 1.807) is 36.4 Å². The van der Waals surface area contributed by atoms with Gasteiger partial charge in [-0.3, -0.25) is 14.5 Å². The predicted octanol–water partition coefficient (Wildman–Crippen LogP) is 2.54. The van der Waals surface area contributed by atoms with E-state index < -0.39 is 0 Å². The molecular formula is C25H31N3O3. The number of ketones is 1. The van der Waals surface area contributed by atoms with Gasteiger partial charge in [0.15, 0.2) is 12.4 Å². The van der Waals surface area contributed by atoms with Gasteiger partial charge >= 0.3 is 0 Å². The smallest absolute Gasteiger partial charge is 0.260 e. The van der Waals surface area contributed by atoms with Crippen molar-refractivity contribution in [1.29, 1.82) is 0 Å². The lowest BCUT2D eigenvalue weighted by Crippen LogP contribution is -2.51. The fourth-order valence-electron chi connectivity index (χ4n) is 4.21. The van der Waals surface area contributed by atoms with Gasteiger partial charge in [0, 0.05) is 50.4 Å². The van der Waals surface area contributed by atoms with E-state index in [2.05, 4.69) is 9.80 Å². The molecule has 0 saturated carbocycles. The van der Waals surface area contributed by atoms with Gasteiger partial charge in [-0.05, 0) is 50.2 Å². The normalized spacial score (nSPS) is 17.6. The van der Waals surface area contributed by atoms with Gasteiger partial charge in [-0.25, -0.2) is 0 Å². The average Bonchev–Trinajstić information content (AvgIpc) is 3.36. The van der Waals surface area contributed by atoms with Crippen molar-refractivity contribution in [3.8, 4) is 5.75 Å². The number of piperazine rings is 1. The lowest BCUT2D eigenvalue weighted by atomic mass is 10.0. The van der Waals surface area contributed by atoms with Crippen molar-refractivity contribution >= 4 is 11.7 Å². The molecule has 31 heavy (non-hydrogen) atoms. The highest BCUT2D eigenvalue weighted by atomic mass is 16.5. The Morgan fingerprint density at radius 3 is 1.94 bits per heavy atom. The van der Waals surface area contributed by atoms with Crippen LogP contribution in [-0.2, 0) is 4.79 Å². The van der Waals surface area contributed by atoms with Crippen molar-refractivity contribution in [2.24, 2.45) is 0 Å². The number of nitrogens with zero attached hydrogens (tertiary/aromatic N) is 3. The third kappa shape index (κ3) is 5.93. The first-order valence-electron chi connectivity index (χ1n) is 11.2. The molecule has 0 radical (unpaired) electrons. The van der Waals surface area contributed by atoms with Gasteiger partial charge in [0.05, 0.1) is 0 Å². The maximum atomic E-state index is 12.5. The van der Waals surface area contributed by atoms with Crippen LogP contribution in [0.25, 0.3) is 0 Å². The molecule has 2 aromatic rings. The minimum absolute atomic E-state index is 0.0173. The molecule has 6 nitrogen and oxygen atoms in total. The number of benzene rings is 2. The Morgan fingerprint density at radius 1 is 0.710 bits per heavy atom. The molecule has 2 aromatic carbocycles. The molecule has 4 rings (SSSR count). The van der Waals surface area contributed by atoms with E-state index in [1.165, 1.54) is 25.9 Å². The zero-order chi connectivity index (χ0) is 21.5. The fraction of sp³-hybridized carbons (Fsp3) is 0.440. The number of carbonyl (C=O) groups is 2. The summed E-state index contributed by atoms with van der Waals surface area (Å²) in [5.41, 5.74) is 1.26. The lowest BCUT2D eigenvalue weighted by Gasteiger charge is -2.35. The zero-order valence-corrected chi connectivity index (χ0v) is 18.0. The SMILES string of the molecule is O=C(c1ccccc1)c1ccc(OCC(=O)N2CCN(CCN3CCCC3)CC2)cc1. The van der Waals surface area contributed by atoms with E-state index in [0.29, 0.717) is 16.9 Å². The van der Waals surface area contributed by atoms with Crippen LogP contribution < -0.4 is 4.74 Å². The zero-order valence-electron chi connectivity index (χ0n) is 18.0. The second kappa shape index (κ2) is 10.6. The topological polar surface area (TPSA) is 53.1 Å². The van der Waals surface area contributed by atoms with Crippen molar-refractivity contribution < 1.29 is 14.3 Å². The minimum Gasteiger partial charge on any atom is -0.484 e. The average molecular weight is 422 g/mol. The highest BCUT2D eigenvalue weighted by Crippen LogP contribution is 2.16. The first-order valence-corrected chi connectivity index (χ1v) is 11.2. The van der Waals surface area contributed by atoms with Crippen LogP contribution in [0.2, 0.25) is 0 Å². The van der Waals surface area contributed by atoms with Gasteiger partial charge < -0.3 is 14.5 Å². The Balaban J connectivity index is 1.19. The summed E-state index contributed by atoms with van der Waals surface area (Å²) in [6, 6.07) is 16.2. The lowest BCUT2D eigenvalue weighted by molar-refractivity contribution is -0.135. The van der Waals surface area contributed by atoms with Crippen molar-refractivity contribution in [3.63, 3.8) is 0 Å². The third-order valence-electron chi connectivity index (χ3n) is 6.17. The van der Waals surface area contributed by atoms with E-state index in [-0.39, 0.29) is 18.3 Å². The molecule has 0 aliphatic carbocycles. The molecule has 0 atom stereocenters. The van der Waals surface area contributed by atoms with Gasteiger partial charge in [-0.2, -0.15) is 0 Å². The monoisotopic (exact) mass is 421 g/mol. The molecule has 2 fully saturated rings. The standard InChI is InChI=1S/C25H31N3O3/c29-24(28-18-16-27(17-19-28)15-14-26-12-4-5-13-26)20-31-23-10-8-22(9-11-23)25(30)21-6-2-1-3-7-21/h1-3,6-11H,4-5,12-20H2. The van der Waals surface area contributed by atoms with Crippen LogP contribution in [0.4, 0.5) is 0 Å². The Labute approximate surface area is 184 Å². The number of carbonyl (C=O) groups excluding carboxylic acids is 2. The van der Waals surface area contributed by atoms with Crippen LogP contribution >= 0.6 is 0 Å². The predicted molar refractivity (Wildman–Crippen MR) is 121 cm³/mol. The van der Waals surface area contributed by atoms with Crippen molar-refractivity contribution in [3.05, 3.63) is 65.7 Å². The summed E-state index contributed by atoms with van der Waals surface area (Å²) in [5.74, 6) is 0.594. The minimum atomic E-state index is -0.0224. The Kier molecular flexibility index (Phi) is 7.33. The highest BCUT2D eigenvalue weighted by Gasteiger charge is 2.22. The molecule has 0 aromatic heterocycles. The van der Waals surface area contributed by atoms with Gasteiger partial charge in [0.25, 0.3) is 5.91 Å². The Hall–Kier alpha value is -2.70.